The van der Waals surface area contributed by atoms with E-state index in [1.165, 1.54) is 16.8 Å². The second-order valence-corrected chi connectivity index (χ2v) is 9.05. The minimum absolute atomic E-state index is 0.0745. The largest absolute Gasteiger partial charge is 0.369 e. The van der Waals surface area contributed by atoms with Crippen molar-refractivity contribution < 1.29 is 0 Å². The van der Waals surface area contributed by atoms with Gasteiger partial charge in [-0.05, 0) is 67.9 Å². The second kappa shape index (κ2) is 9.27. The van der Waals surface area contributed by atoms with E-state index < -0.39 is 0 Å². The summed E-state index contributed by atoms with van der Waals surface area (Å²) in [6.45, 7) is 8.88. The van der Waals surface area contributed by atoms with Crippen LogP contribution in [0.15, 0.2) is 65.6 Å². The predicted octanol–water partition coefficient (Wildman–Crippen LogP) is 3.95. The molecule has 1 aliphatic rings. The standard InChI is InChI=1S/C27H30N6O/c1-19-5-4-6-22(20(19)2)18-33-25(34)12-7-21-17-28-27(30-26(21)33)29-23-8-10-24(11-9-23)32-15-13-31(3)14-16-32/h4-12,17H,13-16,18H2,1-3H3,(H,28,29,30). The van der Waals surface area contributed by atoms with Crippen LogP contribution in [0, 0.1) is 13.8 Å². The van der Waals surface area contributed by atoms with Crippen molar-refractivity contribution in [3.05, 3.63) is 87.8 Å². The summed E-state index contributed by atoms with van der Waals surface area (Å²) in [5, 5.41) is 4.13. The number of piperazine rings is 1. The molecule has 0 amide bonds. The molecule has 3 heterocycles. The van der Waals surface area contributed by atoms with Crippen LogP contribution in [0.3, 0.4) is 0 Å². The van der Waals surface area contributed by atoms with Crippen molar-refractivity contribution in [2.24, 2.45) is 0 Å². The van der Waals surface area contributed by atoms with Crippen LogP contribution >= 0.6 is 0 Å². The number of hydrogen-bond acceptors (Lipinski definition) is 6. The van der Waals surface area contributed by atoms with Gasteiger partial charge in [-0.25, -0.2) is 4.98 Å². The summed E-state index contributed by atoms with van der Waals surface area (Å²) in [7, 11) is 2.16. The van der Waals surface area contributed by atoms with Crippen molar-refractivity contribution in [2.75, 3.05) is 43.4 Å². The lowest BCUT2D eigenvalue weighted by Crippen LogP contribution is -2.44. The fourth-order valence-corrected chi connectivity index (χ4v) is 4.39. The third kappa shape index (κ3) is 4.52. The molecule has 7 nitrogen and oxygen atoms in total. The van der Waals surface area contributed by atoms with Crippen LogP contribution < -0.4 is 15.8 Å². The third-order valence-electron chi connectivity index (χ3n) is 6.76. The number of rotatable bonds is 5. The molecule has 4 aromatic rings. The first kappa shape index (κ1) is 22.1. The Bertz CT molecular complexity index is 1370. The maximum absolute atomic E-state index is 12.8. The number of likely N-dealkylation sites (N-methyl/N-ethyl adjacent to an activating group) is 1. The van der Waals surface area contributed by atoms with E-state index in [0.29, 0.717) is 18.1 Å². The van der Waals surface area contributed by atoms with Gasteiger partial charge in [-0.2, -0.15) is 4.98 Å². The van der Waals surface area contributed by atoms with E-state index in [1.807, 2.05) is 6.07 Å². The van der Waals surface area contributed by atoms with E-state index in [2.05, 4.69) is 77.4 Å². The smallest absolute Gasteiger partial charge is 0.252 e. The van der Waals surface area contributed by atoms with Crippen LogP contribution in [0.1, 0.15) is 16.7 Å². The molecule has 0 saturated carbocycles. The summed E-state index contributed by atoms with van der Waals surface area (Å²) in [5.74, 6) is 0.472. The first-order chi connectivity index (χ1) is 16.5. The number of nitrogens with one attached hydrogen (secondary N) is 1. The highest BCUT2D eigenvalue weighted by Gasteiger charge is 2.14. The number of pyridine rings is 1. The first-order valence-electron chi connectivity index (χ1n) is 11.7. The Labute approximate surface area is 199 Å². The van der Waals surface area contributed by atoms with Gasteiger partial charge in [0.25, 0.3) is 5.56 Å². The number of benzene rings is 2. The molecule has 2 aromatic heterocycles. The van der Waals surface area contributed by atoms with E-state index in [0.717, 1.165) is 42.8 Å². The minimum Gasteiger partial charge on any atom is -0.369 e. The van der Waals surface area contributed by atoms with Crippen LogP contribution in [-0.2, 0) is 6.54 Å². The lowest BCUT2D eigenvalue weighted by molar-refractivity contribution is 0.313. The monoisotopic (exact) mass is 454 g/mol. The molecule has 34 heavy (non-hydrogen) atoms. The van der Waals surface area contributed by atoms with Gasteiger partial charge in [0.2, 0.25) is 5.95 Å². The van der Waals surface area contributed by atoms with Crippen molar-refractivity contribution in [1.29, 1.82) is 0 Å². The molecule has 0 aliphatic carbocycles. The van der Waals surface area contributed by atoms with E-state index in [9.17, 15) is 4.79 Å². The predicted molar refractivity (Wildman–Crippen MR) is 138 cm³/mol. The van der Waals surface area contributed by atoms with Crippen LogP contribution in [-0.4, -0.2) is 52.7 Å². The van der Waals surface area contributed by atoms with Gasteiger partial charge < -0.3 is 15.1 Å². The van der Waals surface area contributed by atoms with Crippen molar-refractivity contribution >= 4 is 28.4 Å². The summed E-state index contributed by atoms with van der Waals surface area (Å²) in [6, 6.07) is 17.9. The molecule has 5 rings (SSSR count). The Morgan fingerprint density at radius 1 is 0.941 bits per heavy atom. The van der Waals surface area contributed by atoms with Gasteiger partial charge in [-0.3, -0.25) is 9.36 Å². The number of hydrogen-bond donors (Lipinski definition) is 1. The number of fused-ring (bicyclic) bond motifs is 1. The molecule has 0 atom stereocenters. The molecule has 174 valence electrons. The molecule has 7 heteroatoms. The highest BCUT2D eigenvalue weighted by Crippen LogP contribution is 2.22. The van der Waals surface area contributed by atoms with E-state index in [1.54, 1.807) is 22.9 Å². The zero-order chi connectivity index (χ0) is 23.7. The zero-order valence-electron chi connectivity index (χ0n) is 20.0. The lowest BCUT2D eigenvalue weighted by atomic mass is 10.0. The Morgan fingerprint density at radius 3 is 2.47 bits per heavy atom. The first-order valence-corrected chi connectivity index (χ1v) is 11.7. The molecule has 1 fully saturated rings. The van der Waals surface area contributed by atoms with Crippen molar-refractivity contribution in [2.45, 2.75) is 20.4 Å². The number of anilines is 3. The lowest BCUT2D eigenvalue weighted by Gasteiger charge is -2.34. The van der Waals surface area contributed by atoms with Gasteiger partial charge in [-0.15, -0.1) is 0 Å². The van der Waals surface area contributed by atoms with Crippen molar-refractivity contribution in [3.63, 3.8) is 0 Å². The number of aryl methyl sites for hydroxylation is 1. The van der Waals surface area contributed by atoms with Crippen LogP contribution in [0.25, 0.3) is 11.0 Å². The van der Waals surface area contributed by atoms with Gasteiger partial charge in [0.15, 0.2) is 0 Å². The van der Waals surface area contributed by atoms with Gasteiger partial charge in [0.05, 0.1) is 6.54 Å². The summed E-state index contributed by atoms with van der Waals surface area (Å²) in [4.78, 5) is 26.7. The van der Waals surface area contributed by atoms with Crippen LogP contribution in [0.2, 0.25) is 0 Å². The van der Waals surface area contributed by atoms with Gasteiger partial charge in [-0.1, -0.05) is 18.2 Å². The molecule has 1 saturated heterocycles. The van der Waals surface area contributed by atoms with E-state index >= 15 is 0 Å². The van der Waals surface area contributed by atoms with Crippen molar-refractivity contribution in [1.82, 2.24) is 19.4 Å². The Kier molecular flexibility index (Phi) is 6.02. The minimum atomic E-state index is -0.0745. The molecule has 0 unspecified atom stereocenters. The molecule has 0 spiro atoms. The van der Waals surface area contributed by atoms with Gasteiger partial charge >= 0.3 is 0 Å². The molecule has 2 aromatic carbocycles. The quantitative estimate of drug-likeness (QED) is 0.493. The number of aromatic nitrogens is 3. The Hall–Kier alpha value is -3.71. The van der Waals surface area contributed by atoms with Crippen LogP contribution in [0.5, 0.6) is 0 Å². The van der Waals surface area contributed by atoms with Gasteiger partial charge in [0, 0.05) is 55.2 Å². The second-order valence-electron chi connectivity index (χ2n) is 9.05. The van der Waals surface area contributed by atoms with Crippen LogP contribution in [0.4, 0.5) is 17.3 Å². The topological polar surface area (TPSA) is 66.3 Å². The maximum atomic E-state index is 12.8. The summed E-state index contributed by atoms with van der Waals surface area (Å²) in [5.41, 5.74) is 6.20. The summed E-state index contributed by atoms with van der Waals surface area (Å²) >= 11 is 0. The fraction of sp³-hybridized carbons (Fsp3) is 0.296. The molecular formula is C27H30N6O. The summed E-state index contributed by atoms with van der Waals surface area (Å²) in [6.07, 6.45) is 1.77. The zero-order valence-corrected chi connectivity index (χ0v) is 20.0. The highest BCUT2D eigenvalue weighted by molar-refractivity contribution is 5.76. The normalized spacial score (nSPS) is 14.5. The van der Waals surface area contributed by atoms with E-state index in [-0.39, 0.29) is 5.56 Å². The molecular weight excluding hydrogens is 424 g/mol. The summed E-state index contributed by atoms with van der Waals surface area (Å²) < 4.78 is 1.72. The SMILES string of the molecule is Cc1cccc(Cn2c(=O)ccc3cnc(Nc4ccc(N5CCN(C)CC5)cc4)nc32)c1C. The van der Waals surface area contributed by atoms with Crippen molar-refractivity contribution in [3.8, 4) is 0 Å². The maximum Gasteiger partial charge on any atom is 0.252 e. The Balaban J connectivity index is 1.41. The number of nitrogens with zero attached hydrogens (tertiary/aromatic N) is 5. The van der Waals surface area contributed by atoms with Gasteiger partial charge in [0.1, 0.15) is 5.65 Å². The Morgan fingerprint density at radius 2 is 1.71 bits per heavy atom. The third-order valence-corrected chi connectivity index (χ3v) is 6.76. The molecule has 1 N–H and O–H groups in total. The highest BCUT2D eigenvalue weighted by atomic mass is 16.1. The molecule has 0 radical (unpaired) electrons. The average molecular weight is 455 g/mol. The fourth-order valence-electron chi connectivity index (χ4n) is 4.39. The average Bonchev–Trinajstić information content (AvgIpc) is 2.85. The molecule has 1 aliphatic heterocycles. The molecule has 0 bridgehead atoms. The van der Waals surface area contributed by atoms with E-state index in [4.69, 9.17) is 4.98 Å².